The minimum absolute atomic E-state index is 0.263. The molecule has 102 valence electrons. The third-order valence-electron chi connectivity index (χ3n) is 3.77. The van der Waals surface area contributed by atoms with Crippen LogP contribution in [0.25, 0.3) is 0 Å². The maximum atomic E-state index is 11.4. The topological polar surface area (TPSA) is 54.4 Å². The number of rotatable bonds is 5. The molecule has 1 rings (SSSR count). The first-order valence-corrected chi connectivity index (χ1v) is 7.59. The lowest BCUT2D eigenvalue weighted by Gasteiger charge is -2.35. The summed E-state index contributed by atoms with van der Waals surface area (Å²) in [6, 6.07) is 9.84. The molecule has 0 saturated carbocycles. The Hall–Kier alpha value is -0.870. The van der Waals surface area contributed by atoms with E-state index in [2.05, 4.69) is 0 Å². The van der Waals surface area contributed by atoms with E-state index in [0.717, 1.165) is 12.0 Å². The van der Waals surface area contributed by atoms with Gasteiger partial charge in [-0.15, -0.1) is 0 Å². The SMILES string of the molecule is CCC(C)(CC(C)(C)S(=O)(=O)O)c1ccccc1. The van der Waals surface area contributed by atoms with Crippen LogP contribution in [0.15, 0.2) is 30.3 Å². The highest BCUT2D eigenvalue weighted by atomic mass is 32.2. The van der Waals surface area contributed by atoms with Crippen molar-refractivity contribution in [2.24, 2.45) is 0 Å². The van der Waals surface area contributed by atoms with E-state index in [0.29, 0.717) is 6.42 Å². The van der Waals surface area contributed by atoms with E-state index in [1.807, 2.05) is 44.2 Å². The monoisotopic (exact) mass is 270 g/mol. The van der Waals surface area contributed by atoms with Crippen molar-refractivity contribution in [3.63, 3.8) is 0 Å². The number of benzene rings is 1. The predicted molar refractivity (Wildman–Crippen MR) is 74.3 cm³/mol. The molecule has 0 spiro atoms. The fourth-order valence-corrected chi connectivity index (χ4v) is 2.80. The van der Waals surface area contributed by atoms with Crippen LogP contribution in [0, 0.1) is 0 Å². The average Bonchev–Trinajstić information content (AvgIpc) is 2.28. The average molecular weight is 270 g/mol. The molecule has 1 aromatic carbocycles. The van der Waals surface area contributed by atoms with Crippen molar-refractivity contribution in [1.29, 1.82) is 0 Å². The van der Waals surface area contributed by atoms with Gasteiger partial charge in [0.25, 0.3) is 10.1 Å². The maximum Gasteiger partial charge on any atom is 0.270 e. The standard InChI is InChI=1S/C14H22O3S/c1-5-14(4,12-9-7-6-8-10-12)11-13(2,3)18(15,16)17/h6-10H,5,11H2,1-4H3,(H,15,16,17). The fourth-order valence-electron chi connectivity index (χ4n) is 2.30. The summed E-state index contributed by atoms with van der Waals surface area (Å²) in [6.07, 6.45) is 1.20. The van der Waals surface area contributed by atoms with Gasteiger partial charge in [-0.3, -0.25) is 4.55 Å². The van der Waals surface area contributed by atoms with Crippen LogP contribution in [-0.4, -0.2) is 17.7 Å². The third-order valence-corrected chi connectivity index (χ3v) is 5.31. The van der Waals surface area contributed by atoms with E-state index in [-0.39, 0.29) is 5.41 Å². The van der Waals surface area contributed by atoms with E-state index < -0.39 is 14.9 Å². The molecule has 0 radical (unpaired) electrons. The van der Waals surface area contributed by atoms with Gasteiger partial charge in [0.1, 0.15) is 0 Å². The lowest BCUT2D eigenvalue weighted by Crippen LogP contribution is -2.39. The summed E-state index contributed by atoms with van der Waals surface area (Å²) in [5, 5.41) is 0. The Morgan fingerprint density at radius 1 is 1.11 bits per heavy atom. The van der Waals surface area contributed by atoms with Gasteiger partial charge in [-0.1, -0.05) is 44.2 Å². The van der Waals surface area contributed by atoms with Crippen LogP contribution in [0.3, 0.4) is 0 Å². The Balaban J connectivity index is 3.13. The van der Waals surface area contributed by atoms with E-state index in [9.17, 15) is 13.0 Å². The Labute approximate surface area is 110 Å². The normalized spacial score (nSPS) is 16.3. The molecule has 0 aliphatic heterocycles. The van der Waals surface area contributed by atoms with Crippen molar-refractivity contribution in [2.45, 2.75) is 50.7 Å². The van der Waals surface area contributed by atoms with Gasteiger partial charge in [0.05, 0.1) is 4.75 Å². The highest BCUT2D eigenvalue weighted by molar-refractivity contribution is 7.87. The van der Waals surface area contributed by atoms with Gasteiger partial charge < -0.3 is 0 Å². The van der Waals surface area contributed by atoms with Gasteiger partial charge in [-0.25, -0.2) is 0 Å². The molecule has 1 unspecified atom stereocenters. The van der Waals surface area contributed by atoms with Crippen molar-refractivity contribution in [1.82, 2.24) is 0 Å². The van der Waals surface area contributed by atoms with E-state index >= 15 is 0 Å². The third kappa shape index (κ3) is 3.12. The Kier molecular flexibility index (Phi) is 4.23. The lowest BCUT2D eigenvalue weighted by atomic mass is 9.74. The van der Waals surface area contributed by atoms with Crippen molar-refractivity contribution in [2.75, 3.05) is 0 Å². The van der Waals surface area contributed by atoms with Gasteiger partial charge in [0.2, 0.25) is 0 Å². The zero-order chi connectivity index (χ0) is 14.0. The molecular weight excluding hydrogens is 248 g/mol. The summed E-state index contributed by atoms with van der Waals surface area (Å²) in [5.41, 5.74) is 0.838. The largest absolute Gasteiger partial charge is 0.285 e. The first-order chi connectivity index (χ1) is 8.12. The maximum absolute atomic E-state index is 11.4. The smallest absolute Gasteiger partial charge is 0.270 e. The molecule has 0 aliphatic carbocycles. The Morgan fingerprint density at radius 3 is 2.00 bits per heavy atom. The van der Waals surface area contributed by atoms with Gasteiger partial charge in [-0.05, 0) is 37.7 Å². The van der Waals surface area contributed by atoms with E-state index in [4.69, 9.17) is 0 Å². The van der Waals surface area contributed by atoms with Gasteiger partial charge in [-0.2, -0.15) is 8.42 Å². The van der Waals surface area contributed by atoms with Crippen LogP contribution >= 0.6 is 0 Å². The van der Waals surface area contributed by atoms with Gasteiger partial charge in [0, 0.05) is 0 Å². The number of hydrogen-bond acceptors (Lipinski definition) is 2. The highest BCUT2D eigenvalue weighted by Gasteiger charge is 2.40. The summed E-state index contributed by atoms with van der Waals surface area (Å²) < 4.78 is 31.0. The lowest BCUT2D eigenvalue weighted by molar-refractivity contribution is 0.344. The highest BCUT2D eigenvalue weighted by Crippen LogP contribution is 2.38. The molecule has 1 N–H and O–H groups in total. The summed E-state index contributed by atoms with van der Waals surface area (Å²) in [7, 11) is -4.05. The molecule has 0 amide bonds. The van der Waals surface area contributed by atoms with Crippen LogP contribution in [-0.2, 0) is 15.5 Å². The van der Waals surface area contributed by atoms with Crippen LogP contribution in [0.4, 0.5) is 0 Å². The van der Waals surface area contributed by atoms with E-state index in [1.165, 1.54) is 0 Å². The predicted octanol–water partition coefficient (Wildman–Crippen LogP) is 3.41. The molecule has 0 saturated heterocycles. The molecule has 3 nitrogen and oxygen atoms in total. The van der Waals surface area contributed by atoms with Gasteiger partial charge >= 0.3 is 0 Å². The van der Waals surface area contributed by atoms with Crippen molar-refractivity contribution in [3.8, 4) is 0 Å². The van der Waals surface area contributed by atoms with Crippen molar-refractivity contribution in [3.05, 3.63) is 35.9 Å². The molecule has 4 heteroatoms. The molecule has 0 heterocycles. The van der Waals surface area contributed by atoms with Gasteiger partial charge in [0.15, 0.2) is 0 Å². The summed E-state index contributed by atoms with van der Waals surface area (Å²) in [4.78, 5) is 0. The zero-order valence-corrected chi connectivity index (χ0v) is 12.3. The molecule has 0 aromatic heterocycles. The van der Waals surface area contributed by atoms with Crippen LogP contribution in [0.2, 0.25) is 0 Å². The summed E-state index contributed by atoms with van der Waals surface area (Å²) in [5.74, 6) is 0. The second-order valence-corrected chi connectivity index (χ2v) is 7.75. The zero-order valence-electron chi connectivity index (χ0n) is 11.5. The van der Waals surface area contributed by atoms with Crippen LogP contribution < -0.4 is 0 Å². The first kappa shape index (κ1) is 15.2. The van der Waals surface area contributed by atoms with Crippen molar-refractivity contribution < 1.29 is 13.0 Å². The fraction of sp³-hybridized carbons (Fsp3) is 0.571. The Bertz CT molecular complexity index is 491. The molecule has 1 aromatic rings. The molecule has 18 heavy (non-hydrogen) atoms. The quantitative estimate of drug-likeness (QED) is 0.834. The Morgan fingerprint density at radius 2 is 1.61 bits per heavy atom. The number of hydrogen-bond donors (Lipinski definition) is 1. The second-order valence-electron chi connectivity index (χ2n) is 5.69. The summed E-state index contributed by atoms with van der Waals surface area (Å²) >= 11 is 0. The second kappa shape index (κ2) is 5.02. The molecule has 1 atom stereocenters. The summed E-state index contributed by atoms with van der Waals surface area (Å²) in [6.45, 7) is 7.21. The van der Waals surface area contributed by atoms with Crippen molar-refractivity contribution >= 4 is 10.1 Å². The first-order valence-electron chi connectivity index (χ1n) is 6.15. The van der Waals surface area contributed by atoms with Crippen LogP contribution in [0.1, 0.15) is 46.1 Å². The minimum atomic E-state index is -4.05. The molecular formula is C14H22O3S. The molecule has 0 bridgehead atoms. The molecule has 0 fully saturated rings. The minimum Gasteiger partial charge on any atom is -0.285 e. The van der Waals surface area contributed by atoms with Crippen LogP contribution in [0.5, 0.6) is 0 Å². The molecule has 0 aliphatic rings. The van der Waals surface area contributed by atoms with E-state index in [1.54, 1.807) is 13.8 Å².